The lowest BCUT2D eigenvalue weighted by molar-refractivity contribution is 0.0922. The highest BCUT2D eigenvalue weighted by Gasteiger charge is 2.26. The van der Waals surface area contributed by atoms with Crippen LogP contribution in [0.2, 0.25) is 0 Å². The van der Waals surface area contributed by atoms with E-state index in [1.807, 2.05) is 30.3 Å². The number of amides is 1. The van der Waals surface area contributed by atoms with Crippen LogP contribution in [0.5, 0.6) is 0 Å². The maximum Gasteiger partial charge on any atom is 0.251 e. The van der Waals surface area contributed by atoms with E-state index >= 15 is 0 Å². The Kier molecular flexibility index (Phi) is 7.09. The zero-order valence-electron chi connectivity index (χ0n) is 17.4. The van der Waals surface area contributed by atoms with Crippen molar-refractivity contribution in [1.82, 2.24) is 20.1 Å². The Labute approximate surface area is 176 Å². The molecule has 1 unspecified atom stereocenters. The lowest BCUT2D eigenvalue weighted by atomic mass is 10.0. The van der Waals surface area contributed by atoms with Crippen LogP contribution in [0.15, 0.2) is 59.8 Å². The second kappa shape index (κ2) is 9.74. The van der Waals surface area contributed by atoms with Crippen molar-refractivity contribution in [1.29, 1.82) is 0 Å². The third kappa shape index (κ3) is 5.26. The van der Waals surface area contributed by atoms with Gasteiger partial charge in [-0.25, -0.2) is 0 Å². The predicted octanol–water partition coefficient (Wildman–Crippen LogP) is 5.03. The molecule has 3 rings (SSSR count). The zero-order valence-corrected chi connectivity index (χ0v) is 18.2. The fourth-order valence-electron chi connectivity index (χ4n) is 3.11. The molecule has 0 saturated heterocycles. The summed E-state index contributed by atoms with van der Waals surface area (Å²) in [4.78, 5) is 12.7. The SMILES string of the molecule is CCn1c(SCc2ccc(C)cc2)nnc1C(NC(=O)c1ccccc1)C(C)C. The summed E-state index contributed by atoms with van der Waals surface area (Å²) in [6.45, 7) is 9.10. The van der Waals surface area contributed by atoms with E-state index in [9.17, 15) is 4.79 Å². The van der Waals surface area contributed by atoms with Crippen LogP contribution in [0, 0.1) is 12.8 Å². The molecular weight excluding hydrogens is 380 g/mol. The molecule has 1 atom stereocenters. The third-order valence-electron chi connectivity index (χ3n) is 4.82. The van der Waals surface area contributed by atoms with Crippen molar-refractivity contribution >= 4 is 17.7 Å². The molecule has 0 fully saturated rings. The van der Waals surface area contributed by atoms with Gasteiger partial charge >= 0.3 is 0 Å². The van der Waals surface area contributed by atoms with Crippen molar-refractivity contribution in [3.8, 4) is 0 Å². The molecule has 0 radical (unpaired) electrons. The first-order valence-electron chi connectivity index (χ1n) is 9.97. The van der Waals surface area contributed by atoms with Gasteiger partial charge in [-0.2, -0.15) is 0 Å². The molecule has 0 aliphatic heterocycles. The van der Waals surface area contributed by atoms with Crippen molar-refractivity contribution in [3.63, 3.8) is 0 Å². The number of carbonyl (C=O) groups is 1. The minimum absolute atomic E-state index is 0.0937. The van der Waals surface area contributed by atoms with Crippen LogP contribution in [0.25, 0.3) is 0 Å². The number of hydrogen-bond donors (Lipinski definition) is 1. The Morgan fingerprint density at radius 2 is 1.76 bits per heavy atom. The number of aryl methyl sites for hydroxylation is 1. The van der Waals surface area contributed by atoms with E-state index in [1.54, 1.807) is 11.8 Å². The number of nitrogens with zero attached hydrogens (tertiary/aromatic N) is 3. The summed E-state index contributed by atoms with van der Waals surface area (Å²) in [5.41, 5.74) is 3.16. The van der Waals surface area contributed by atoms with E-state index < -0.39 is 0 Å². The lowest BCUT2D eigenvalue weighted by Gasteiger charge is -2.22. The van der Waals surface area contributed by atoms with Gasteiger partial charge in [0.2, 0.25) is 0 Å². The molecule has 5 nitrogen and oxygen atoms in total. The van der Waals surface area contributed by atoms with Gasteiger partial charge in [0.15, 0.2) is 11.0 Å². The van der Waals surface area contributed by atoms with Gasteiger partial charge in [-0.15, -0.1) is 10.2 Å². The van der Waals surface area contributed by atoms with E-state index in [-0.39, 0.29) is 17.9 Å². The molecule has 1 N–H and O–H groups in total. The molecule has 3 aromatic rings. The molecule has 1 heterocycles. The number of carbonyl (C=O) groups excluding carboxylic acids is 1. The number of aromatic nitrogens is 3. The minimum atomic E-state index is -0.205. The van der Waals surface area contributed by atoms with Crippen LogP contribution in [0.3, 0.4) is 0 Å². The quantitative estimate of drug-likeness (QED) is 0.531. The third-order valence-corrected chi connectivity index (χ3v) is 5.86. The van der Waals surface area contributed by atoms with Crippen LogP contribution in [-0.2, 0) is 12.3 Å². The molecule has 0 aliphatic rings. The molecule has 1 aromatic heterocycles. The van der Waals surface area contributed by atoms with Gasteiger partial charge in [0.25, 0.3) is 5.91 Å². The summed E-state index contributed by atoms with van der Waals surface area (Å²) in [7, 11) is 0. The molecule has 0 spiro atoms. The largest absolute Gasteiger partial charge is 0.342 e. The highest BCUT2D eigenvalue weighted by Crippen LogP contribution is 2.27. The van der Waals surface area contributed by atoms with Gasteiger partial charge in [0, 0.05) is 17.9 Å². The summed E-state index contributed by atoms with van der Waals surface area (Å²) in [5, 5.41) is 12.9. The Bertz CT molecular complexity index is 935. The van der Waals surface area contributed by atoms with Gasteiger partial charge in [-0.1, -0.05) is 73.6 Å². The highest BCUT2D eigenvalue weighted by atomic mass is 32.2. The molecule has 1 amide bonds. The summed E-state index contributed by atoms with van der Waals surface area (Å²) < 4.78 is 2.11. The van der Waals surface area contributed by atoms with Gasteiger partial charge < -0.3 is 9.88 Å². The van der Waals surface area contributed by atoms with Gasteiger partial charge in [-0.3, -0.25) is 4.79 Å². The zero-order chi connectivity index (χ0) is 20.8. The average Bonchev–Trinajstić information content (AvgIpc) is 3.14. The molecule has 0 aliphatic carbocycles. The summed E-state index contributed by atoms with van der Waals surface area (Å²) >= 11 is 1.67. The summed E-state index contributed by atoms with van der Waals surface area (Å²) in [5.74, 6) is 1.73. The highest BCUT2D eigenvalue weighted by molar-refractivity contribution is 7.98. The Balaban J connectivity index is 1.78. The van der Waals surface area contributed by atoms with Crippen LogP contribution in [0.1, 0.15) is 54.1 Å². The first-order chi connectivity index (χ1) is 14.0. The summed E-state index contributed by atoms with van der Waals surface area (Å²) in [6, 6.07) is 17.6. The van der Waals surface area contributed by atoms with Crippen molar-refractivity contribution in [2.24, 2.45) is 5.92 Å². The standard InChI is InChI=1S/C23H28N4OS/c1-5-27-21(20(16(2)3)24-22(28)19-9-7-6-8-10-19)25-26-23(27)29-15-18-13-11-17(4)12-14-18/h6-14,16,20H,5,15H2,1-4H3,(H,24,28). The molecule has 29 heavy (non-hydrogen) atoms. The van der Waals surface area contributed by atoms with Crippen LogP contribution in [-0.4, -0.2) is 20.7 Å². The van der Waals surface area contributed by atoms with Crippen molar-refractivity contribution in [2.45, 2.75) is 51.2 Å². The average molecular weight is 409 g/mol. The first kappa shape index (κ1) is 21.1. The fraction of sp³-hybridized carbons (Fsp3) is 0.348. The second-order valence-electron chi connectivity index (χ2n) is 7.42. The molecular formula is C23H28N4OS. The van der Waals surface area contributed by atoms with Gasteiger partial charge in [0.05, 0.1) is 6.04 Å². The molecule has 152 valence electrons. The van der Waals surface area contributed by atoms with Crippen molar-refractivity contribution in [2.75, 3.05) is 0 Å². The molecule has 6 heteroatoms. The van der Waals surface area contributed by atoms with E-state index in [1.165, 1.54) is 11.1 Å². The Hall–Kier alpha value is -2.60. The Morgan fingerprint density at radius 1 is 1.07 bits per heavy atom. The first-order valence-corrected chi connectivity index (χ1v) is 11.0. The van der Waals surface area contributed by atoms with Crippen molar-refractivity contribution < 1.29 is 4.79 Å². The fourth-order valence-corrected chi connectivity index (χ4v) is 4.07. The second-order valence-corrected chi connectivity index (χ2v) is 8.36. The summed E-state index contributed by atoms with van der Waals surface area (Å²) in [6.07, 6.45) is 0. The topological polar surface area (TPSA) is 59.8 Å². The van der Waals surface area contributed by atoms with Crippen molar-refractivity contribution in [3.05, 3.63) is 77.1 Å². The normalized spacial score (nSPS) is 12.2. The maximum atomic E-state index is 12.7. The van der Waals surface area contributed by atoms with E-state index in [4.69, 9.17) is 0 Å². The van der Waals surface area contributed by atoms with Crippen LogP contribution >= 0.6 is 11.8 Å². The number of rotatable bonds is 8. The lowest BCUT2D eigenvalue weighted by Crippen LogP contribution is -2.33. The Morgan fingerprint density at radius 3 is 2.38 bits per heavy atom. The van der Waals surface area contributed by atoms with E-state index in [2.05, 4.69) is 72.0 Å². The van der Waals surface area contributed by atoms with Gasteiger partial charge in [-0.05, 0) is 37.5 Å². The number of nitrogens with one attached hydrogen (secondary N) is 1. The van der Waals surface area contributed by atoms with E-state index in [0.29, 0.717) is 5.56 Å². The predicted molar refractivity (Wildman–Crippen MR) is 118 cm³/mol. The molecule has 0 bridgehead atoms. The minimum Gasteiger partial charge on any atom is -0.342 e. The molecule has 0 saturated carbocycles. The maximum absolute atomic E-state index is 12.7. The number of thioether (sulfide) groups is 1. The number of hydrogen-bond acceptors (Lipinski definition) is 4. The smallest absolute Gasteiger partial charge is 0.251 e. The van der Waals surface area contributed by atoms with E-state index in [0.717, 1.165) is 23.3 Å². The number of benzene rings is 2. The monoisotopic (exact) mass is 408 g/mol. The molecule has 2 aromatic carbocycles. The van der Waals surface area contributed by atoms with Crippen LogP contribution < -0.4 is 5.32 Å². The van der Waals surface area contributed by atoms with Crippen LogP contribution in [0.4, 0.5) is 0 Å². The van der Waals surface area contributed by atoms with Gasteiger partial charge in [0.1, 0.15) is 0 Å².